The zero-order valence-electron chi connectivity index (χ0n) is 19.0. The number of aryl methyl sites for hydroxylation is 1. The fraction of sp³-hybridized carbons (Fsp3) is 0.231. The summed E-state index contributed by atoms with van der Waals surface area (Å²) in [6.07, 6.45) is 0. The summed E-state index contributed by atoms with van der Waals surface area (Å²) < 4.78 is 7.45. The summed E-state index contributed by atoms with van der Waals surface area (Å²) >= 11 is 0. The van der Waals surface area contributed by atoms with Crippen LogP contribution in [0.4, 0.5) is 11.6 Å². The topological polar surface area (TPSA) is 83.2 Å². The first-order valence-electron chi connectivity index (χ1n) is 11.5. The van der Waals surface area contributed by atoms with Gasteiger partial charge in [0.05, 0.1) is 31.0 Å². The molecule has 0 aliphatic carbocycles. The highest BCUT2D eigenvalue weighted by atomic mass is 16.5. The number of H-pyrrole nitrogens is 1. The summed E-state index contributed by atoms with van der Waals surface area (Å²) in [4.78, 5) is 10.4. The van der Waals surface area contributed by atoms with E-state index in [0.29, 0.717) is 25.6 Å². The predicted octanol–water partition coefficient (Wildman–Crippen LogP) is 5.31. The number of hydrogen-bond acceptors (Lipinski definition) is 6. The zero-order valence-corrected chi connectivity index (χ0v) is 19.0. The third kappa shape index (κ3) is 3.92. The Morgan fingerprint density at radius 1 is 1.00 bits per heavy atom. The Balaban J connectivity index is 1.36. The first-order valence-corrected chi connectivity index (χ1v) is 11.5. The lowest BCUT2D eigenvalue weighted by molar-refractivity contribution is 0.122. The van der Waals surface area contributed by atoms with Crippen molar-refractivity contribution in [2.24, 2.45) is 10.2 Å². The van der Waals surface area contributed by atoms with Crippen molar-refractivity contribution in [1.82, 2.24) is 19.6 Å². The van der Waals surface area contributed by atoms with Crippen LogP contribution in [0, 0.1) is 6.92 Å². The van der Waals surface area contributed by atoms with Crippen molar-refractivity contribution in [1.29, 1.82) is 0 Å². The molecule has 34 heavy (non-hydrogen) atoms. The van der Waals surface area contributed by atoms with Gasteiger partial charge >= 0.3 is 0 Å². The third-order valence-corrected chi connectivity index (χ3v) is 6.09. The molecule has 1 aliphatic rings. The monoisotopic (exact) mass is 451 g/mol. The second-order valence-corrected chi connectivity index (χ2v) is 8.47. The third-order valence-electron chi connectivity index (χ3n) is 6.09. The quantitative estimate of drug-likeness (QED) is 0.367. The maximum Gasteiger partial charge on any atom is 0.179 e. The van der Waals surface area contributed by atoms with Crippen LogP contribution in [-0.4, -0.2) is 45.9 Å². The molecule has 8 nitrogen and oxygen atoms in total. The summed E-state index contributed by atoms with van der Waals surface area (Å²) in [6.45, 7) is 5.51. The molecule has 1 fully saturated rings. The maximum atomic E-state index is 5.56. The normalized spacial score (nSPS) is 14.6. The number of morpholine rings is 1. The summed E-state index contributed by atoms with van der Waals surface area (Å²) in [6, 6.07) is 22.5. The van der Waals surface area contributed by atoms with Crippen LogP contribution < -0.4 is 4.90 Å². The average Bonchev–Trinajstić information content (AvgIpc) is 3.48. The van der Waals surface area contributed by atoms with E-state index in [4.69, 9.17) is 14.8 Å². The Hall–Kier alpha value is -4.04. The van der Waals surface area contributed by atoms with Gasteiger partial charge in [-0.15, -0.1) is 5.11 Å². The molecule has 6 rings (SSSR count). The standard InChI is InChI=1S/C26H25N7O/c1-18-14-20-8-5-9-21(26(20)28-18)17-27-30-23-16-25(32-10-12-34-13-11-32)33-24(29-23)15-22(31-33)19-6-3-2-4-7-19/h2-9,14-16,28H,10-13,17H2,1H3. The lowest BCUT2D eigenvalue weighted by Crippen LogP contribution is -2.37. The van der Waals surface area contributed by atoms with Crippen molar-refractivity contribution < 1.29 is 4.74 Å². The number of benzene rings is 2. The van der Waals surface area contributed by atoms with Crippen LogP contribution in [0.25, 0.3) is 27.8 Å². The Bertz CT molecular complexity index is 1480. The van der Waals surface area contributed by atoms with Crippen LogP contribution in [0.1, 0.15) is 11.3 Å². The second-order valence-electron chi connectivity index (χ2n) is 8.47. The molecular weight excluding hydrogens is 426 g/mol. The van der Waals surface area contributed by atoms with Gasteiger partial charge in [0.2, 0.25) is 0 Å². The van der Waals surface area contributed by atoms with Gasteiger partial charge in [0.15, 0.2) is 11.5 Å². The highest BCUT2D eigenvalue weighted by Crippen LogP contribution is 2.27. The minimum atomic E-state index is 0.478. The minimum Gasteiger partial charge on any atom is -0.378 e. The summed E-state index contributed by atoms with van der Waals surface area (Å²) in [5.41, 5.74) is 6.04. The summed E-state index contributed by atoms with van der Waals surface area (Å²) in [7, 11) is 0. The van der Waals surface area contributed by atoms with E-state index in [0.717, 1.165) is 52.6 Å². The van der Waals surface area contributed by atoms with Gasteiger partial charge in [-0.2, -0.15) is 14.7 Å². The molecule has 3 aromatic heterocycles. The second kappa shape index (κ2) is 8.72. The number of hydrogen-bond donors (Lipinski definition) is 1. The number of nitrogens with zero attached hydrogens (tertiary/aromatic N) is 6. The Kier molecular flexibility index (Phi) is 5.27. The molecule has 1 saturated heterocycles. The van der Waals surface area contributed by atoms with E-state index in [1.807, 2.05) is 34.8 Å². The molecule has 0 amide bonds. The predicted molar refractivity (Wildman–Crippen MR) is 133 cm³/mol. The van der Waals surface area contributed by atoms with Crippen LogP contribution in [0.2, 0.25) is 0 Å². The van der Waals surface area contributed by atoms with Crippen LogP contribution in [0.5, 0.6) is 0 Å². The number of rotatable bonds is 5. The van der Waals surface area contributed by atoms with Crippen molar-refractivity contribution in [2.75, 3.05) is 31.2 Å². The van der Waals surface area contributed by atoms with Gasteiger partial charge in [-0.05, 0) is 23.9 Å². The molecule has 0 bridgehead atoms. The van der Waals surface area contributed by atoms with E-state index >= 15 is 0 Å². The number of anilines is 1. The first kappa shape index (κ1) is 20.6. The number of para-hydroxylation sites is 1. The van der Waals surface area contributed by atoms with E-state index in [-0.39, 0.29) is 0 Å². The number of fused-ring (bicyclic) bond motifs is 2. The van der Waals surface area contributed by atoms with Crippen LogP contribution in [-0.2, 0) is 11.3 Å². The molecule has 1 N–H and O–H groups in total. The van der Waals surface area contributed by atoms with Crippen molar-refractivity contribution in [3.8, 4) is 11.3 Å². The molecule has 5 aromatic rings. The van der Waals surface area contributed by atoms with E-state index in [2.05, 4.69) is 63.4 Å². The molecule has 0 spiro atoms. The van der Waals surface area contributed by atoms with E-state index in [9.17, 15) is 0 Å². The van der Waals surface area contributed by atoms with Gasteiger partial charge in [0.25, 0.3) is 0 Å². The lowest BCUT2D eigenvalue weighted by Gasteiger charge is -2.28. The number of nitrogens with one attached hydrogen (secondary N) is 1. The number of aromatic nitrogens is 4. The fourth-order valence-corrected chi connectivity index (χ4v) is 4.44. The molecule has 0 unspecified atom stereocenters. The average molecular weight is 452 g/mol. The molecule has 4 heterocycles. The first-order chi connectivity index (χ1) is 16.7. The van der Waals surface area contributed by atoms with Gasteiger partial charge < -0.3 is 14.6 Å². The highest BCUT2D eigenvalue weighted by molar-refractivity contribution is 5.83. The molecule has 2 aromatic carbocycles. The van der Waals surface area contributed by atoms with E-state index in [1.165, 1.54) is 5.39 Å². The molecule has 170 valence electrons. The molecule has 8 heteroatoms. The molecule has 1 aliphatic heterocycles. The van der Waals surface area contributed by atoms with E-state index in [1.54, 1.807) is 0 Å². The van der Waals surface area contributed by atoms with Gasteiger partial charge in [-0.25, -0.2) is 4.98 Å². The fourth-order valence-electron chi connectivity index (χ4n) is 4.44. The van der Waals surface area contributed by atoms with E-state index < -0.39 is 0 Å². The minimum absolute atomic E-state index is 0.478. The molecule has 0 atom stereocenters. The Morgan fingerprint density at radius 3 is 2.71 bits per heavy atom. The van der Waals surface area contributed by atoms with Crippen molar-refractivity contribution in [3.05, 3.63) is 78.0 Å². The van der Waals surface area contributed by atoms with Crippen molar-refractivity contribution >= 4 is 28.2 Å². The van der Waals surface area contributed by atoms with Crippen LogP contribution in [0.3, 0.4) is 0 Å². The van der Waals surface area contributed by atoms with Crippen LogP contribution in [0.15, 0.2) is 77.0 Å². The number of ether oxygens (including phenoxy) is 1. The van der Waals surface area contributed by atoms with Gasteiger partial charge in [-0.1, -0.05) is 48.5 Å². The van der Waals surface area contributed by atoms with Gasteiger partial charge in [-0.3, -0.25) is 0 Å². The summed E-state index contributed by atoms with van der Waals surface area (Å²) in [5, 5.41) is 15.0. The van der Waals surface area contributed by atoms with Gasteiger partial charge in [0, 0.05) is 36.5 Å². The smallest absolute Gasteiger partial charge is 0.179 e. The van der Waals surface area contributed by atoms with Crippen molar-refractivity contribution in [3.63, 3.8) is 0 Å². The van der Waals surface area contributed by atoms with Gasteiger partial charge in [0.1, 0.15) is 5.82 Å². The summed E-state index contributed by atoms with van der Waals surface area (Å²) in [5.74, 6) is 1.52. The largest absolute Gasteiger partial charge is 0.378 e. The van der Waals surface area contributed by atoms with Crippen molar-refractivity contribution in [2.45, 2.75) is 13.5 Å². The number of azo groups is 1. The zero-order chi connectivity index (χ0) is 22.9. The Labute approximate surface area is 196 Å². The highest BCUT2D eigenvalue weighted by Gasteiger charge is 2.18. The van der Waals surface area contributed by atoms with Crippen LogP contribution >= 0.6 is 0 Å². The lowest BCUT2D eigenvalue weighted by atomic mass is 10.1. The number of aromatic amines is 1. The maximum absolute atomic E-state index is 5.56. The molecule has 0 saturated carbocycles. The Morgan fingerprint density at radius 2 is 1.85 bits per heavy atom. The molecule has 0 radical (unpaired) electrons. The molecular formula is C26H25N7O. The SMILES string of the molecule is Cc1cc2cccc(CN=Nc3cc(N4CCOCC4)n4nc(-c5ccccc5)cc4n3)c2[nH]1.